The van der Waals surface area contributed by atoms with Crippen molar-refractivity contribution < 1.29 is 9.84 Å². The van der Waals surface area contributed by atoms with Gasteiger partial charge in [0.15, 0.2) is 0 Å². The molecule has 2 atom stereocenters. The number of aryl methyl sites for hydroxylation is 1. The summed E-state index contributed by atoms with van der Waals surface area (Å²) in [7, 11) is 1.67. The van der Waals surface area contributed by atoms with Crippen LogP contribution in [0.25, 0.3) is 0 Å². The van der Waals surface area contributed by atoms with Crippen LogP contribution in [0.2, 0.25) is 0 Å². The van der Waals surface area contributed by atoms with Crippen LogP contribution in [-0.2, 0) is 16.6 Å². The lowest BCUT2D eigenvalue weighted by atomic mass is 9.59. The first-order chi connectivity index (χ1) is 9.68. The van der Waals surface area contributed by atoms with Gasteiger partial charge in [-0.25, -0.2) is 0 Å². The zero-order valence-electron chi connectivity index (χ0n) is 12.3. The highest BCUT2D eigenvalue weighted by molar-refractivity contribution is 5.41. The number of benzene rings is 1. The van der Waals surface area contributed by atoms with Crippen LogP contribution in [0.3, 0.4) is 0 Å². The normalized spacial score (nSPS) is 28.8. The fourth-order valence-electron chi connectivity index (χ4n) is 4.19. The molecule has 3 N–H and O–H groups in total. The number of aliphatic hydroxyl groups is 1. The monoisotopic (exact) mass is 275 g/mol. The van der Waals surface area contributed by atoms with Crippen LogP contribution < -0.4 is 5.73 Å². The molecule has 3 nitrogen and oxygen atoms in total. The standard InChI is InChI=1S/C17H25NO2/c1-20-12-17(19,14-8-9-14)16(11-18)10-4-6-13-5-2-3-7-15(13)16/h2-3,5,7,14,19H,4,6,8-12,18H2,1H3. The SMILES string of the molecule is COCC(O)(C1CC1)C1(CN)CCCc2ccccc21. The van der Waals surface area contributed by atoms with Crippen molar-refractivity contribution >= 4 is 0 Å². The van der Waals surface area contributed by atoms with E-state index in [1.54, 1.807) is 7.11 Å². The number of hydrogen-bond acceptors (Lipinski definition) is 3. The molecule has 0 bridgehead atoms. The molecule has 20 heavy (non-hydrogen) atoms. The fourth-order valence-corrected chi connectivity index (χ4v) is 4.19. The predicted molar refractivity (Wildman–Crippen MR) is 79.7 cm³/mol. The van der Waals surface area contributed by atoms with Gasteiger partial charge in [0.05, 0.1) is 6.61 Å². The Bertz CT molecular complexity index is 486. The van der Waals surface area contributed by atoms with E-state index in [4.69, 9.17) is 10.5 Å². The van der Waals surface area contributed by atoms with Crippen molar-refractivity contribution in [3.63, 3.8) is 0 Å². The van der Waals surface area contributed by atoms with E-state index in [1.807, 2.05) is 0 Å². The van der Waals surface area contributed by atoms with Crippen molar-refractivity contribution in [3.8, 4) is 0 Å². The van der Waals surface area contributed by atoms with Crippen molar-refractivity contribution in [3.05, 3.63) is 35.4 Å². The van der Waals surface area contributed by atoms with Gasteiger partial charge in [-0.2, -0.15) is 0 Å². The molecule has 0 heterocycles. The first-order valence-electron chi connectivity index (χ1n) is 7.68. The van der Waals surface area contributed by atoms with Gasteiger partial charge in [-0.05, 0) is 49.1 Å². The number of nitrogens with two attached hydrogens (primary N) is 1. The van der Waals surface area contributed by atoms with Crippen LogP contribution in [0.1, 0.15) is 36.8 Å². The minimum atomic E-state index is -0.826. The lowest BCUT2D eigenvalue weighted by Gasteiger charge is -2.50. The fraction of sp³-hybridized carbons (Fsp3) is 0.647. The van der Waals surface area contributed by atoms with E-state index in [1.165, 1.54) is 11.1 Å². The smallest absolute Gasteiger partial charge is 0.102 e. The average molecular weight is 275 g/mol. The number of hydrogen-bond donors (Lipinski definition) is 2. The summed E-state index contributed by atoms with van der Waals surface area (Å²) in [5.41, 5.74) is 7.64. The van der Waals surface area contributed by atoms with Crippen molar-refractivity contribution in [2.24, 2.45) is 11.7 Å². The lowest BCUT2D eigenvalue weighted by molar-refractivity contribution is -0.109. The number of methoxy groups -OCH3 is 1. The number of fused-ring (bicyclic) bond motifs is 1. The third kappa shape index (κ3) is 1.92. The third-order valence-electron chi connectivity index (χ3n) is 5.38. The van der Waals surface area contributed by atoms with Gasteiger partial charge in [0.1, 0.15) is 5.60 Å². The Morgan fingerprint density at radius 3 is 2.80 bits per heavy atom. The van der Waals surface area contributed by atoms with Crippen molar-refractivity contribution in [2.45, 2.75) is 43.1 Å². The summed E-state index contributed by atoms with van der Waals surface area (Å²) in [5.74, 6) is 0.331. The molecule has 1 fully saturated rings. The van der Waals surface area contributed by atoms with E-state index in [9.17, 15) is 5.11 Å². The molecule has 2 unspecified atom stereocenters. The molecule has 110 valence electrons. The van der Waals surface area contributed by atoms with Gasteiger partial charge >= 0.3 is 0 Å². The zero-order valence-corrected chi connectivity index (χ0v) is 12.3. The first kappa shape index (κ1) is 14.1. The van der Waals surface area contributed by atoms with Crippen LogP contribution >= 0.6 is 0 Å². The van der Waals surface area contributed by atoms with Gasteiger partial charge in [0.25, 0.3) is 0 Å². The summed E-state index contributed by atoms with van der Waals surface area (Å²) >= 11 is 0. The third-order valence-corrected chi connectivity index (χ3v) is 5.38. The highest BCUT2D eigenvalue weighted by Crippen LogP contribution is 2.54. The van der Waals surface area contributed by atoms with Gasteiger partial charge < -0.3 is 15.6 Å². The summed E-state index contributed by atoms with van der Waals surface area (Å²) in [5, 5.41) is 11.5. The Kier molecular flexibility index (Phi) is 3.61. The minimum Gasteiger partial charge on any atom is -0.386 e. The summed E-state index contributed by atoms with van der Waals surface area (Å²) in [4.78, 5) is 0. The quantitative estimate of drug-likeness (QED) is 0.864. The average Bonchev–Trinajstić information content (AvgIpc) is 3.31. The van der Waals surface area contributed by atoms with Gasteiger partial charge in [-0.3, -0.25) is 0 Å². The van der Waals surface area contributed by atoms with Crippen LogP contribution in [-0.4, -0.2) is 31.0 Å². The molecule has 1 aromatic rings. The van der Waals surface area contributed by atoms with E-state index in [0.717, 1.165) is 32.1 Å². The molecular formula is C17H25NO2. The molecule has 0 aromatic heterocycles. The summed E-state index contributed by atoms with van der Waals surface area (Å²) < 4.78 is 5.40. The van der Waals surface area contributed by atoms with E-state index >= 15 is 0 Å². The number of rotatable bonds is 5. The Labute approximate surface area is 121 Å². The molecule has 3 heteroatoms. The Morgan fingerprint density at radius 1 is 1.40 bits per heavy atom. The van der Waals surface area contributed by atoms with E-state index < -0.39 is 5.60 Å². The van der Waals surface area contributed by atoms with Gasteiger partial charge in [0, 0.05) is 19.1 Å². The Morgan fingerprint density at radius 2 is 2.15 bits per heavy atom. The molecule has 0 amide bonds. The molecule has 1 aromatic carbocycles. The van der Waals surface area contributed by atoms with Crippen LogP contribution in [0.5, 0.6) is 0 Å². The molecule has 1 saturated carbocycles. The minimum absolute atomic E-state index is 0.331. The zero-order chi connectivity index (χ0) is 14.2. The molecule has 0 radical (unpaired) electrons. The summed E-state index contributed by atoms with van der Waals surface area (Å²) in [6.45, 7) is 0.865. The van der Waals surface area contributed by atoms with E-state index in [0.29, 0.717) is 19.1 Å². The molecule has 2 aliphatic carbocycles. The first-order valence-corrected chi connectivity index (χ1v) is 7.68. The second-order valence-electron chi connectivity index (χ2n) is 6.43. The summed E-state index contributed by atoms with van der Waals surface area (Å²) in [6.07, 6.45) is 5.31. The molecule has 2 aliphatic rings. The van der Waals surface area contributed by atoms with E-state index in [-0.39, 0.29) is 5.41 Å². The van der Waals surface area contributed by atoms with Gasteiger partial charge in [0.2, 0.25) is 0 Å². The Balaban J connectivity index is 2.11. The van der Waals surface area contributed by atoms with Crippen molar-refractivity contribution in [1.82, 2.24) is 0 Å². The molecular weight excluding hydrogens is 250 g/mol. The molecule has 0 spiro atoms. The highest BCUT2D eigenvalue weighted by Gasteiger charge is 2.59. The van der Waals surface area contributed by atoms with Crippen LogP contribution in [0.15, 0.2) is 24.3 Å². The second kappa shape index (κ2) is 5.14. The number of ether oxygens (including phenoxy) is 1. The lowest BCUT2D eigenvalue weighted by Crippen LogP contribution is -2.61. The molecule has 0 saturated heterocycles. The van der Waals surface area contributed by atoms with Crippen LogP contribution in [0, 0.1) is 5.92 Å². The van der Waals surface area contributed by atoms with Crippen molar-refractivity contribution in [1.29, 1.82) is 0 Å². The van der Waals surface area contributed by atoms with Gasteiger partial charge in [-0.15, -0.1) is 0 Å². The second-order valence-corrected chi connectivity index (χ2v) is 6.43. The topological polar surface area (TPSA) is 55.5 Å². The highest BCUT2D eigenvalue weighted by atomic mass is 16.5. The predicted octanol–water partition coefficient (Wildman–Crippen LogP) is 2.01. The maximum atomic E-state index is 11.5. The summed E-state index contributed by atoms with van der Waals surface area (Å²) in [6, 6.07) is 8.48. The molecule has 3 rings (SSSR count). The van der Waals surface area contributed by atoms with Gasteiger partial charge in [-0.1, -0.05) is 24.3 Å². The molecule has 0 aliphatic heterocycles. The van der Waals surface area contributed by atoms with E-state index in [2.05, 4.69) is 24.3 Å². The van der Waals surface area contributed by atoms with Crippen LogP contribution in [0.4, 0.5) is 0 Å². The maximum absolute atomic E-state index is 11.5. The maximum Gasteiger partial charge on any atom is 0.102 e. The largest absolute Gasteiger partial charge is 0.386 e. The Hall–Kier alpha value is -0.900. The van der Waals surface area contributed by atoms with Crippen molar-refractivity contribution in [2.75, 3.05) is 20.3 Å².